The molecule has 3 aromatic rings. The van der Waals surface area contributed by atoms with Crippen LogP contribution in [0.1, 0.15) is 0 Å². The fraction of sp³-hybridized carbons (Fsp3) is 0.0769. The molecule has 6 heteroatoms. The number of rotatable bonds is 2. The fourth-order valence-corrected chi connectivity index (χ4v) is 2.18. The third kappa shape index (κ3) is 2.02. The predicted octanol–water partition coefficient (Wildman–Crippen LogP) is 3.20. The first-order chi connectivity index (χ1) is 9.19. The maximum Gasteiger partial charge on any atom is 0.258 e. The summed E-state index contributed by atoms with van der Waals surface area (Å²) in [7, 11) is 1.52. The number of aromatic nitrogens is 3. The van der Waals surface area contributed by atoms with Crippen molar-refractivity contribution in [1.82, 2.24) is 14.4 Å². The molecule has 0 spiro atoms. The molecule has 0 aliphatic carbocycles. The van der Waals surface area contributed by atoms with Crippen molar-refractivity contribution < 1.29 is 9.13 Å². The molecule has 96 valence electrons. The van der Waals surface area contributed by atoms with Gasteiger partial charge >= 0.3 is 0 Å². The Morgan fingerprint density at radius 3 is 2.84 bits per heavy atom. The number of halogens is 2. The summed E-state index contributed by atoms with van der Waals surface area (Å²) in [6.07, 6.45) is 4.96. The molecule has 2 heterocycles. The summed E-state index contributed by atoms with van der Waals surface area (Å²) < 4.78 is 20.3. The van der Waals surface area contributed by atoms with E-state index in [-0.39, 0.29) is 0 Å². The lowest BCUT2D eigenvalue weighted by Gasteiger charge is -2.04. The van der Waals surface area contributed by atoms with Crippen LogP contribution >= 0.6 is 11.6 Å². The molecule has 3 rings (SSSR count). The highest BCUT2D eigenvalue weighted by Crippen LogP contribution is 2.27. The van der Waals surface area contributed by atoms with Gasteiger partial charge in [-0.15, -0.1) is 0 Å². The minimum atomic E-state index is -0.390. The molecule has 0 radical (unpaired) electrons. The normalized spacial score (nSPS) is 10.9. The van der Waals surface area contributed by atoms with Crippen molar-refractivity contribution >= 4 is 17.2 Å². The number of imidazole rings is 1. The van der Waals surface area contributed by atoms with Crippen LogP contribution in [0.3, 0.4) is 0 Å². The zero-order chi connectivity index (χ0) is 13.4. The van der Waals surface area contributed by atoms with Gasteiger partial charge in [-0.05, 0) is 18.2 Å². The molecule has 0 fully saturated rings. The number of ether oxygens (including phenoxy) is 1. The average molecular weight is 278 g/mol. The van der Waals surface area contributed by atoms with Gasteiger partial charge < -0.3 is 4.74 Å². The van der Waals surface area contributed by atoms with Crippen LogP contribution in [-0.2, 0) is 0 Å². The Hall–Kier alpha value is -2.14. The second-order valence-electron chi connectivity index (χ2n) is 3.93. The SMILES string of the molecule is COc1nccn2c(-c3cc(F)cc(Cl)c3)cnc12. The first-order valence-corrected chi connectivity index (χ1v) is 5.89. The third-order valence-electron chi connectivity index (χ3n) is 2.75. The van der Waals surface area contributed by atoms with Gasteiger partial charge in [0.25, 0.3) is 5.88 Å². The van der Waals surface area contributed by atoms with Gasteiger partial charge in [0.1, 0.15) is 5.82 Å². The molecule has 19 heavy (non-hydrogen) atoms. The van der Waals surface area contributed by atoms with E-state index in [9.17, 15) is 4.39 Å². The Balaban J connectivity index is 2.26. The summed E-state index contributed by atoms with van der Waals surface area (Å²) in [4.78, 5) is 8.30. The summed E-state index contributed by atoms with van der Waals surface area (Å²) in [5.41, 5.74) is 1.93. The van der Waals surface area contributed by atoms with Crippen LogP contribution in [0.25, 0.3) is 16.9 Å². The second-order valence-corrected chi connectivity index (χ2v) is 4.37. The average Bonchev–Trinajstić information content (AvgIpc) is 2.81. The van der Waals surface area contributed by atoms with Crippen molar-refractivity contribution in [3.05, 3.63) is 47.6 Å². The van der Waals surface area contributed by atoms with Gasteiger partial charge in [-0.3, -0.25) is 4.40 Å². The molecule has 1 aromatic carbocycles. The van der Waals surface area contributed by atoms with E-state index in [0.29, 0.717) is 22.1 Å². The molecule has 4 nitrogen and oxygen atoms in total. The molecule has 0 N–H and O–H groups in total. The molecule has 0 saturated carbocycles. The molecule has 2 aromatic heterocycles. The van der Waals surface area contributed by atoms with Gasteiger partial charge in [-0.2, -0.15) is 0 Å². The van der Waals surface area contributed by atoms with E-state index in [4.69, 9.17) is 16.3 Å². The Morgan fingerprint density at radius 1 is 1.26 bits per heavy atom. The first-order valence-electron chi connectivity index (χ1n) is 5.51. The quantitative estimate of drug-likeness (QED) is 0.722. The molecule has 0 bridgehead atoms. The van der Waals surface area contributed by atoms with Crippen LogP contribution in [0.4, 0.5) is 4.39 Å². The minimum Gasteiger partial charge on any atom is -0.478 e. The molecule has 0 atom stereocenters. The second kappa shape index (κ2) is 4.51. The van der Waals surface area contributed by atoms with E-state index in [1.54, 1.807) is 29.1 Å². The largest absolute Gasteiger partial charge is 0.478 e. The molecule has 0 aliphatic heterocycles. The number of hydrogen-bond acceptors (Lipinski definition) is 3. The van der Waals surface area contributed by atoms with Crippen molar-refractivity contribution in [2.45, 2.75) is 0 Å². The predicted molar refractivity (Wildman–Crippen MR) is 69.9 cm³/mol. The summed E-state index contributed by atoms with van der Waals surface area (Å²) in [5, 5.41) is 0.339. The van der Waals surface area contributed by atoms with Gasteiger partial charge in [0.05, 0.1) is 19.0 Å². The van der Waals surface area contributed by atoms with Crippen molar-refractivity contribution in [1.29, 1.82) is 0 Å². The lowest BCUT2D eigenvalue weighted by atomic mass is 10.1. The van der Waals surface area contributed by atoms with E-state index >= 15 is 0 Å². The third-order valence-corrected chi connectivity index (χ3v) is 2.97. The van der Waals surface area contributed by atoms with Crippen LogP contribution in [0.15, 0.2) is 36.8 Å². The maximum absolute atomic E-state index is 13.4. The van der Waals surface area contributed by atoms with Gasteiger partial charge in [0.15, 0.2) is 0 Å². The Labute approximate surface area is 113 Å². The van der Waals surface area contributed by atoms with Crippen LogP contribution in [0, 0.1) is 5.82 Å². The summed E-state index contributed by atoms with van der Waals surface area (Å²) in [6.45, 7) is 0. The van der Waals surface area contributed by atoms with Gasteiger partial charge in [0.2, 0.25) is 5.65 Å². The molecule has 0 saturated heterocycles. The topological polar surface area (TPSA) is 39.4 Å². The van der Waals surface area contributed by atoms with Crippen LogP contribution in [0.5, 0.6) is 5.88 Å². The first kappa shape index (κ1) is 11.9. The lowest BCUT2D eigenvalue weighted by Crippen LogP contribution is -1.94. The Morgan fingerprint density at radius 2 is 2.11 bits per heavy atom. The Bertz CT molecular complexity index is 736. The standard InChI is InChI=1S/C13H9ClFN3O/c1-19-13-12-17-7-11(18(12)3-2-16-13)8-4-9(14)6-10(15)5-8/h2-7H,1H3. The zero-order valence-electron chi connectivity index (χ0n) is 9.97. The number of fused-ring (bicyclic) bond motifs is 1. The van der Waals surface area contributed by atoms with E-state index in [1.165, 1.54) is 19.2 Å². The number of nitrogens with zero attached hydrogens (tertiary/aromatic N) is 3. The van der Waals surface area contributed by atoms with E-state index in [1.807, 2.05) is 0 Å². The van der Waals surface area contributed by atoms with E-state index in [2.05, 4.69) is 9.97 Å². The zero-order valence-corrected chi connectivity index (χ0v) is 10.7. The molecule has 0 unspecified atom stereocenters. The Kier molecular flexibility index (Phi) is 2.83. The van der Waals surface area contributed by atoms with Crippen LogP contribution < -0.4 is 4.74 Å². The summed E-state index contributed by atoms with van der Waals surface area (Å²) in [5.74, 6) is 0.0229. The van der Waals surface area contributed by atoms with Gasteiger partial charge in [-0.1, -0.05) is 11.6 Å². The number of methoxy groups -OCH3 is 1. The fourth-order valence-electron chi connectivity index (χ4n) is 1.95. The monoisotopic (exact) mass is 277 g/mol. The molecular weight excluding hydrogens is 269 g/mol. The lowest BCUT2D eigenvalue weighted by molar-refractivity contribution is 0.400. The number of hydrogen-bond donors (Lipinski definition) is 0. The van der Waals surface area contributed by atoms with Crippen molar-refractivity contribution in [3.63, 3.8) is 0 Å². The van der Waals surface area contributed by atoms with E-state index < -0.39 is 5.82 Å². The highest BCUT2D eigenvalue weighted by Gasteiger charge is 2.11. The smallest absolute Gasteiger partial charge is 0.258 e. The maximum atomic E-state index is 13.4. The summed E-state index contributed by atoms with van der Waals surface area (Å²) >= 11 is 5.87. The highest BCUT2D eigenvalue weighted by molar-refractivity contribution is 6.30. The van der Waals surface area contributed by atoms with Gasteiger partial charge in [-0.25, -0.2) is 14.4 Å². The van der Waals surface area contributed by atoms with E-state index in [0.717, 1.165) is 5.69 Å². The number of benzene rings is 1. The van der Waals surface area contributed by atoms with Crippen molar-refractivity contribution in [2.75, 3.05) is 7.11 Å². The van der Waals surface area contributed by atoms with Crippen molar-refractivity contribution in [2.24, 2.45) is 0 Å². The van der Waals surface area contributed by atoms with Gasteiger partial charge in [0, 0.05) is 23.0 Å². The minimum absolute atomic E-state index is 0.339. The summed E-state index contributed by atoms with van der Waals surface area (Å²) in [6, 6.07) is 4.35. The van der Waals surface area contributed by atoms with Crippen molar-refractivity contribution in [3.8, 4) is 17.1 Å². The van der Waals surface area contributed by atoms with Crippen LogP contribution in [-0.4, -0.2) is 21.5 Å². The molecule has 0 aliphatic rings. The molecular formula is C13H9ClFN3O. The molecule has 0 amide bonds. The highest BCUT2D eigenvalue weighted by atomic mass is 35.5. The van der Waals surface area contributed by atoms with Crippen LogP contribution in [0.2, 0.25) is 5.02 Å².